The fourth-order valence-electron chi connectivity index (χ4n) is 1.69. The Morgan fingerprint density at radius 1 is 1.30 bits per heavy atom. The van der Waals surface area contributed by atoms with Gasteiger partial charge in [0.15, 0.2) is 6.61 Å². The first-order valence-electron chi connectivity index (χ1n) is 6.09. The maximum atomic E-state index is 11.5. The van der Waals surface area contributed by atoms with Crippen LogP contribution in [0.25, 0.3) is 0 Å². The Balaban J connectivity index is 2.89. The van der Waals surface area contributed by atoms with E-state index in [4.69, 9.17) is 15.4 Å². The van der Waals surface area contributed by atoms with Gasteiger partial charge >= 0.3 is 0 Å². The molecule has 0 fully saturated rings. The van der Waals surface area contributed by atoms with Crippen molar-refractivity contribution >= 4 is 25.6 Å². The third-order valence-corrected chi connectivity index (χ3v) is 4.01. The SMILES string of the molecule is Cc1cc(S(=O)(=O)Cl)c(C)cc1OCC(=O)NC(C)C. The average Bonchev–Trinajstić information content (AvgIpc) is 2.27. The van der Waals surface area contributed by atoms with E-state index in [2.05, 4.69) is 5.32 Å². The van der Waals surface area contributed by atoms with Gasteiger partial charge in [0, 0.05) is 16.7 Å². The molecule has 0 atom stereocenters. The summed E-state index contributed by atoms with van der Waals surface area (Å²) in [6, 6.07) is 3.04. The number of hydrogen-bond acceptors (Lipinski definition) is 4. The third-order valence-electron chi connectivity index (χ3n) is 2.54. The maximum absolute atomic E-state index is 11.5. The molecule has 0 radical (unpaired) electrons. The molecule has 0 saturated heterocycles. The molecule has 0 aliphatic carbocycles. The zero-order valence-corrected chi connectivity index (χ0v) is 13.4. The lowest BCUT2D eigenvalue weighted by Crippen LogP contribution is -2.34. The van der Waals surface area contributed by atoms with Crippen molar-refractivity contribution in [3.63, 3.8) is 0 Å². The zero-order valence-electron chi connectivity index (χ0n) is 11.9. The highest BCUT2D eigenvalue weighted by Gasteiger charge is 2.16. The third kappa shape index (κ3) is 4.68. The van der Waals surface area contributed by atoms with Crippen LogP contribution in [-0.4, -0.2) is 27.0 Å². The molecule has 20 heavy (non-hydrogen) atoms. The van der Waals surface area contributed by atoms with Gasteiger partial charge in [-0.05, 0) is 51.0 Å². The summed E-state index contributed by atoms with van der Waals surface area (Å²) < 4.78 is 28.1. The summed E-state index contributed by atoms with van der Waals surface area (Å²) in [5, 5.41) is 2.70. The van der Waals surface area contributed by atoms with E-state index in [0.717, 1.165) is 0 Å². The molecule has 0 saturated carbocycles. The molecule has 1 amide bonds. The van der Waals surface area contributed by atoms with Gasteiger partial charge < -0.3 is 10.1 Å². The molecule has 7 heteroatoms. The molecule has 0 unspecified atom stereocenters. The zero-order chi connectivity index (χ0) is 15.5. The van der Waals surface area contributed by atoms with Gasteiger partial charge in [-0.1, -0.05) is 0 Å². The molecule has 0 spiro atoms. The highest BCUT2D eigenvalue weighted by Crippen LogP contribution is 2.27. The maximum Gasteiger partial charge on any atom is 0.261 e. The Hall–Kier alpha value is -1.27. The van der Waals surface area contributed by atoms with E-state index in [-0.39, 0.29) is 23.5 Å². The smallest absolute Gasteiger partial charge is 0.261 e. The molecule has 0 aliphatic rings. The number of aryl methyl sites for hydroxylation is 2. The summed E-state index contributed by atoms with van der Waals surface area (Å²) in [6.45, 7) is 6.91. The summed E-state index contributed by atoms with van der Waals surface area (Å²) in [4.78, 5) is 11.5. The Labute approximate surface area is 123 Å². The van der Waals surface area contributed by atoms with Crippen LogP contribution < -0.4 is 10.1 Å². The summed E-state index contributed by atoms with van der Waals surface area (Å²) in [7, 11) is 1.56. The molecule has 5 nitrogen and oxygen atoms in total. The average molecular weight is 320 g/mol. The first-order valence-corrected chi connectivity index (χ1v) is 8.40. The number of amides is 1. The number of benzene rings is 1. The monoisotopic (exact) mass is 319 g/mol. The van der Waals surface area contributed by atoms with Crippen LogP contribution in [0.5, 0.6) is 5.75 Å². The summed E-state index contributed by atoms with van der Waals surface area (Å²) in [5.74, 6) is 0.233. The van der Waals surface area contributed by atoms with E-state index < -0.39 is 9.05 Å². The number of halogens is 1. The molecule has 0 aliphatic heterocycles. The van der Waals surface area contributed by atoms with Gasteiger partial charge in [-0.15, -0.1) is 0 Å². The van der Waals surface area contributed by atoms with Crippen molar-refractivity contribution in [2.45, 2.75) is 38.6 Å². The van der Waals surface area contributed by atoms with Gasteiger partial charge in [0.1, 0.15) is 5.75 Å². The summed E-state index contributed by atoms with van der Waals surface area (Å²) >= 11 is 0. The Morgan fingerprint density at radius 2 is 1.90 bits per heavy atom. The lowest BCUT2D eigenvalue weighted by atomic mass is 10.1. The number of nitrogens with one attached hydrogen (secondary N) is 1. The van der Waals surface area contributed by atoms with Crippen molar-refractivity contribution in [3.05, 3.63) is 23.3 Å². The largest absolute Gasteiger partial charge is 0.483 e. The van der Waals surface area contributed by atoms with Crippen molar-refractivity contribution in [2.75, 3.05) is 6.61 Å². The van der Waals surface area contributed by atoms with Crippen LogP contribution in [0, 0.1) is 13.8 Å². The van der Waals surface area contributed by atoms with Crippen molar-refractivity contribution in [1.29, 1.82) is 0 Å². The first kappa shape index (κ1) is 16.8. The van der Waals surface area contributed by atoms with Crippen LogP contribution >= 0.6 is 10.7 Å². The van der Waals surface area contributed by atoms with Crippen molar-refractivity contribution < 1.29 is 17.9 Å². The van der Waals surface area contributed by atoms with E-state index in [0.29, 0.717) is 16.9 Å². The minimum absolute atomic E-state index is 0.0395. The lowest BCUT2D eigenvalue weighted by Gasteiger charge is -2.13. The minimum atomic E-state index is -3.78. The summed E-state index contributed by atoms with van der Waals surface area (Å²) in [5.41, 5.74) is 1.08. The van der Waals surface area contributed by atoms with E-state index >= 15 is 0 Å². The van der Waals surface area contributed by atoms with Gasteiger partial charge in [-0.25, -0.2) is 8.42 Å². The Kier molecular flexibility index (Phi) is 5.42. The van der Waals surface area contributed by atoms with Crippen LogP contribution in [0.15, 0.2) is 17.0 Å². The number of ether oxygens (including phenoxy) is 1. The first-order chi connectivity index (χ1) is 9.11. The van der Waals surface area contributed by atoms with Crippen LogP contribution in [0.4, 0.5) is 0 Å². The van der Waals surface area contributed by atoms with Gasteiger partial charge in [-0.3, -0.25) is 4.79 Å². The Bertz CT molecular complexity index is 611. The highest BCUT2D eigenvalue weighted by molar-refractivity contribution is 8.13. The normalized spacial score (nSPS) is 11.5. The van der Waals surface area contributed by atoms with Crippen LogP contribution in [0.3, 0.4) is 0 Å². The predicted molar refractivity (Wildman–Crippen MR) is 77.7 cm³/mol. The van der Waals surface area contributed by atoms with E-state index in [1.54, 1.807) is 19.9 Å². The number of rotatable bonds is 5. The second-order valence-corrected chi connectivity index (χ2v) is 7.37. The van der Waals surface area contributed by atoms with Gasteiger partial charge in [0.25, 0.3) is 15.0 Å². The molecule has 1 aromatic rings. The number of carbonyl (C=O) groups is 1. The highest BCUT2D eigenvalue weighted by atomic mass is 35.7. The van der Waals surface area contributed by atoms with Crippen molar-refractivity contribution in [2.24, 2.45) is 0 Å². The number of carbonyl (C=O) groups excluding carboxylic acids is 1. The molecule has 112 valence electrons. The molecule has 1 rings (SSSR count). The van der Waals surface area contributed by atoms with Crippen LogP contribution in [0.1, 0.15) is 25.0 Å². The summed E-state index contributed by atoms with van der Waals surface area (Å²) in [6.07, 6.45) is 0. The molecular weight excluding hydrogens is 302 g/mol. The standard InChI is InChI=1S/C13H18ClNO4S/c1-8(2)15-13(16)7-19-11-5-10(4)12(6-9(11)3)20(14,17)18/h5-6,8H,7H2,1-4H3,(H,15,16). The van der Waals surface area contributed by atoms with E-state index in [1.165, 1.54) is 6.07 Å². The molecule has 1 aromatic carbocycles. The van der Waals surface area contributed by atoms with Crippen molar-refractivity contribution in [1.82, 2.24) is 5.32 Å². The lowest BCUT2D eigenvalue weighted by molar-refractivity contribution is -0.123. The molecule has 0 aromatic heterocycles. The van der Waals surface area contributed by atoms with E-state index in [1.807, 2.05) is 13.8 Å². The fraction of sp³-hybridized carbons (Fsp3) is 0.462. The van der Waals surface area contributed by atoms with Gasteiger partial charge in [0.05, 0.1) is 4.90 Å². The van der Waals surface area contributed by atoms with Crippen LogP contribution in [0.2, 0.25) is 0 Å². The number of hydrogen-bond donors (Lipinski definition) is 1. The predicted octanol–water partition coefficient (Wildman–Crippen LogP) is 2.13. The molecule has 1 N–H and O–H groups in total. The molecular formula is C13H18ClNO4S. The quantitative estimate of drug-likeness (QED) is 0.844. The minimum Gasteiger partial charge on any atom is -0.483 e. The molecule has 0 bridgehead atoms. The Morgan fingerprint density at radius 3 is 2.40 bits per heavy atom. The second kappa shape index (κ2) is 6.45. The molecule has 0 heterocycles. The van der Waals surface area contributed by atoms with Crippen molar-refractivity contribution in [3.8, 4) is 5.75 Å². The van der Waals surface area contributed by atoms with Gasteiger partial charge in [-0.2, -0.15) is 0 Å². The fourth-order valence-corrected chi connectivity index (χ4v) is 2.95. The second-order valence-electron chi connectivity index (χ2n) is 4.83. The van der Waals surface area contributed by atoms with E-state index in [9.17, 15) is 13.2 Å². The topological polar surface area (TPSA) is 72.5 Å². The van der Waals surface area contributed by atoms with Crippen LogP contribution in [-0.2, 0) is 13.8 Å². The van der Waals surface area contributed by atoms with Gasteiger partial charge in [0.2, 0.25) is 0 Å².